The molecule has 1 aromatic carbocycles. The van der Waals surface area contributed by atoms with Crippen LogP contribution in [0.4, 0.5) is 0 Å². The normalized spacial score (nSPS) is 13.8. The van der Waals surface area contributed by atoms with Crippen molar-refractivity contribution in [1.29, 1.82) is 0 Å². The van der Waals surface area contributed by atoms with Crippen LogP contribution in [-0.2, 0) is 14.4 Å². The number of unbranched alkanes of at least 4 members (excludes halogenated alkanes) is 1. The topological polar surface area (TPSA) is 96.7 Å². The van der Waals surface area contributed by atoms with E-state index in [1.165, 1.54) is 7.11 Å². The van der Waals surface area contributed by atoms with Crippen LogP contribution in [0.1, 0.15) is 25.3 Å². The first-order valence-corrected chi connectivity index (χ1v) is 8.99. The predicted octanol–water partition coefficient (Wildman–Crippen LogP) is 3.16. The van der Waals surface area contributed by atoms with Crippen molar-refractivity contribution in [1.82, 2.24) is 9.97 Å². The van der Waals surface area contributed by atoms with Gasteiger partial charge in [-0.05, 0) is 23.7 Å². The Morgan fingerprint density at radius 2 is 2.11 bits per heavy atom. The quantitative estimate of drug-likeness (QED) is 0.371. The maximum Gasteiger partial charge on any atom is 0.325 e. The molecule has 0 fully saturated rings. The predicted molar refractivity (Wildman–Crippen MR) is 102 cm³/mol. The molecule has 0 unspecified atom stereocenters. The zero-order chi connectivity index (χ0) is 19.6. The molecule has 0 amide bonds. The van der Waals surface area contributed by atoms with Crippen molar-refractivity contribution < 1.29 is 23.9 Å². The van der Waals surface area contributed by atoms with Gasteiger partial charge in [0.25, 0.3) is 5.90 Å². The molecule has 0 spiro atoms. The summed E-state index contributed by atoms with van der Waals surface area (Å²) in [7, 11) is 1.44. The summed E-state index contributed by atoms with van der Waals surface area (Å²) in [5.41, 5.74) is 0.933. The number of oxime groups is 2. The maximum atomic E-state index is 5.88. The van der Waals surface area contributed by atoms with Gasteiger partial charge in [0.15, 0.2) is 12.3 Å². The first kappa shape index (κ1) is 19.4. The monoisotopic (exact) mass is 386 g/mol. The van der Waals surface area contributed by atoms with Crippen LogP contribution in [0.25, 0.3) is 0 Å². The first-order chi connectivity index (χ1) is 13.8. The van der Waals surface area contributed by atoms with Crippen molar-refractivity contribution in [3.63, 3.8) is 0 Å². The highest BCUT2D eigenvalue weighted by Crippen LogP contribution is 2.25. The van der Waals surface area contributed by atoms with Crippen LogP contribution in [-0.4, -0.2) is 48.5 Å². The summed E-state index contributed by atoms with van der Waals surface area (Å²) in [6.07, 6.45) is 3.57. The zero-order valence-electron chi connectivity index (χ0n) is 15.8. The smallest absolute Gasteiger partial charge is 0.325 e. The van der Waals surface area contributed by atoms with Gasteiger partial charge in [-0.25, -0.2) is 4.98 Å². The lowest BCUT2D eigenvalue weighted by molar-refractivity contribution is 0.0672. The molecule has 3 rings (SSSR count). The molecule has 9 heteroatoms. The summed E-state index contributed by atoms with van der Waals surface area (Å²) in [5.74, 6) is 1.12. The summed E-state index contributed by atoms with van der Waals surface area (Å²) in [4.78, 5) is 18.5. The molecule has 0 saturated carbocycles. The van der Waals surface area contributed by atoms with E-state index in [0.29, 0.717) is 42.7 Å². The standard InChI is InChI=1S/C19H22N4O5/c1-3-4-11-25-16-9-10-20-19(21-16)28-15-8-6-5-7-14(15)17(22-24-2)18-23-27-13-12-26-18/h5-10H,3-4,11-13H2,1-2H3/b22-17+. The highest BCUT2D eigenvalue weighted by molar-refractivity contribution is 6.45. The van der Waals surface area contributed by atoms with Gasteiger partial charge in [0.1, 0.15) is 19.5 Å². The maximum absolute atomic E-state index is 5.88. The average molecular weight is 386 g/mol. The van der Waals surface area contributed by atoms with Crippen LogP contribution in [0.15, 0.2) is 46.8 Å². The van der Waals surface area contributed by atoms with E-state index in [0.717, 1.165) is 12.8 Å². The molecule has 0 bridgehead atoms. The number of rotatable bonds is 9. The summed E-state index contributed by atoms with van der Waals surface area (Å²) in [6, 6.07) is 9.07. The third kappa shape index (κ3) is 5.09. The largest absolute Gasteiger partial charge is 0.478 e. The summed E-state index contributed by atoms with van der Waals surface area (Å²) < 4.78 is 17.0. The number of nitrogens with zero attached hydrogens (tertiary/aromatic N) is 4. The summed E-state index contributed by atoms with van der Waals surface area (Å²) in [6.45, 7) is 3.43. The van der Waals surface area contributed by atoms with Gasteiger partial charge in [-0.2, -0.15) is 4.98 Å². The van der Waals surface area contributed by atoms with Gasteiger partial charge in [0.2, 0.25) is 5.88 Å². The Kier molecular flexibility index (Phi) is 7.00. The van der Waals surface area contributed by atoms with Crippen molar-refractivity contribution in [3.05, 3.63) is 42.1 Å². The van der Waals surface area contributed by atoms with Crippen LogP contribution >= 0.6 is 0 Å². The summed E-state index contributed by atoms with van der Waals surface area (Å²) in [5, 5.41) is 7.93. The second-order valence-corrected chi connectivity index (χ2v) is 5.68. The summed E-state index contributed by atoms with van der Waals surface area (Å²) >= 11 is 0. The van der Waals surface area contributed by atoms with Crippen molar-refractivity contribution in [3.8, 4) is 17.6 Å². The Balaban J connectivity index is 1.85. The van der Waals surface area contributed by atoms with Crippen molar-refractivity contribution in [2.24, 2.45) is 10.3 Å². The third-order valence-corrected chi connectivity index (χ3v) is 3.65. The van der Waals surface area contributed by atoms with Crippen LogP contribution in [0, 0.1) is 0 Å². The molecule has 1 aliphatic rings. The number of ether oxygens (including phenoxy) is 3. The molecule has 148 valence electrons. The van der Waals surface area contributed by atoms with E-state index >= 15 is 0 Å². The fourth-order valence-electron chi connectivity index (χ4n) is 2.34. The van der Waals surface area contributed by atoms with Gasteiger partial charge >= 0.3 is 6.01 Å². The minimum Gasteiger partial charge on any atom is -0.478 e. The lowest BCUT2D eigenvalue weighted by Crippen LogP contribution is -2.25. The number of hydrogen-bond donors (Lipinski definition) is 0. The molecular formula is C19H22N4O5. The lowest BCUT2D eigenvalue weighted by atomic mass is 10.1. The van der Waals surface area contributed by atoms with E-state index in [1.807, 2.05) is 12.1 Å². The molecule has 9 nitrogen and oxygen atoms in total. The number of hydrogen-bond acceptors (Lipinski definition) is 9. The molecule has 0 N–H and O–H groups in total. The van der Waals surface area contributed by atoms with Gasteiger partial charge in [0.05, 0.1) is 12.2 Å². The van der Waals surface area contributed by atoms with Gasteiger partial charge in [-0.1, -0.05) is 30.6 Å². The Bertz CT molecular complexity index is 841. The highest BCUT2D eigenvalue weighted by atomic mass is 16.7. The number of aromatic nitrogens is 2. The zero-order valence-corrected chi connectivity index (χ0v) is 15.8. The lowest BCUT2D eigenvalue weighted by Gasteiger charge is -2.16. The van der Waals surface area contributed by atoms with Crippen molar-refractivity contribution >= 4 is 11.6 Å². The van der Waals surface area contributed by atoms with Gasteiger partial charge in [-0.15, -0.1) is 0 Å². The Labute approximate surface area is 162 Å². The third-order valence-electron chi connectivity index (χ3n) is 3.65. The van der Waals surface area contributed by atoms with E-state index in [-0.39, 0.29) is 11.9 Å². The molecule has 1 aliphatic heterocycles. The van der Waals surface area contributed by atoms with Crippen molar-refractivity contribution in [2.45, 2.75) is 19.8 Å². The molecule has 0 aliphatic carbocycles. The van der Waals surface area contributed by atoms with E-state index in [2.05, 4.69) is 27.2 Å². The number of para-hydroxylation sites is 1. The molecule has 28 heavy (non-hydrogen) atoms. The van der Waals surface area contributed by atoms with E-state index in [9.17, 15) is 0 Å². The Hall–Kier alpha value is -3.36. The van der Waals surface area contributed by atoms with Crippen LogP contribution in [0.5, 0.6) is 17.6 Å². The van der Waals surface area contributed by atoms with Crippen LogP contribution in [0.3, 0.4) is 0 Å². The SMILES string of the molecule is CCCCOc1ccnc(Oc2ccccc2/C(=N\OC)C2=NOCCO2)n1. The van der Waals surface area contributed by atoms with Gasteiger partial charge in [-0.3, -0.25) is 0 Å². The van der Waals surface area contributed by atoms with E-state index < -0.39 is 0 Å². The molecule has 1 aromatic heterocycles. The first-order valence-electron chi connectivity index (χ1n) is 8.99. The van der Waals surface area contributed by atoms with E-state index in [1.54, 1.807) is 24.4 Å². The molecule has 0 saturated heterocycles. The van der Waals surface area contributed by atoms with Crippen LogP contribution in [0.2, 0.25) is 0 Å². The molecule has 0 atom stereocenters. The Morgan fingerprint density at radius 1 is 1.21 bits per heavy atom. The van der Waals surface area contributed by atoms with Gasteiger partial charge < -0.3 is 23.9 Å². The van der Waals surface area contributed by atoms with Crippen molar-refractivity contribution in [2.75, 3.05) is 26.9 Å². The van der Waals surface area contributed by atoms with Gasteiger partial charge in [0, 0.05) is 12.3 Å². The molecule has 0 radical (unpaired) electrons. The second kappa shape index (κ2) is 10.1. The van der Waals surface area contributed by atoms with Crippen LogP contribution < -0.4 is 9.47 Å². The fraction of sp³-hybridized carbons (Fsp3) is 0.368. The fourth-order valence-corrected chi connectivity index (χ4v) is 2.34. The Morgan fingerprint density at radius 3 is 2.89 bits per heavy atom. The molecular weight excluding hydrogens is 364 g/mol. The highest BCUT2D eigenvalue weighted by Gasteiger charge is 2.22. The molecule has 2 heterocycles. The van der Waals surface area contributed by atoms with E-state index in [4.69, 9.17) is 23.9 Å². The number of benzene rings is 1. The molecule has 2 aromatic rings. The minimum absolute atomic E-state index is 0.154. The minimum atomic E-state index is 0.154. The second-order valence-electron chi connectivity index (χ2n) is 5.68. The average Bonchev–Trinajstić information content (AvgIpc) is 2.74.